The van der Waals surface area contributed by atoms with E-state index in [0.717, 1.165) is 66.5 Å². The predicted octanol–water partition coefficient (Wildman–Crippen LogP) is 22.5. The Kier molecular flexibility index (Phi) is 8.12. The highest BCUT2D eigenvalue weighted by molar-refractivity contribution is 6.36. The number of furan rings is 2. The highest BCUT2D eigenvalue weighted by Gasteiger charge is 2.29. The summed E-state index contributed by atoms with van der Waals surface area (Å²) in [5.74, 6) is 0. The normalized spacial score (nSPS) is 13.0. The van der Waals surface area contributed by atoms with Gasteiger partial charge in [-0.1, -0.05) is 140 Å². The molecule has 0 unspecified atom stereocenters. The lowest BCUT2D eigenvalue weighted by molar-refractivity contribution is 0.669. The van der Waals surface area contributed by atoms with Gasteiger partial charge in [0.1, 0.15) is 22.3 Å². The molecular weight excluding hydrogens is 1120 g/mol. The third-order valence-electron chi connectivity index (χ3n) is 21.2. The minimum absolute atomic E-state index is 0.866. The molecular formula is C84H44N6O2. The van der Waals surface area contributed by atoms with Gasteiger partial charge in [0.25, 0.3) is 0 Å². The molecule has 10 heterocycles. The molecule has 24 rings (SSSR count). The summed E-state index contributed by atoms with van der Waals surface area (Å²) in [5.41, 5.74) is 27.1. The molecule has 8 nitrogen and oxygen atoms in total. The molecule has 0 aliphatic rings. The number of para-hydroxylation sites is 8. The molecule has 0 fully saturated rings. The maximum Gasteiger partial charge on any atom is 0.136 e. The van der Waals surface area contributed by atoms with Crippen LogP contribution in [0.1, 0.15) is 0 Å². The second kappa shape index (κ2) is 16.0. The first-order chi connectivity index (χ1) is 45.7. The van der Waals surface area contributed by atoms with E-state index in [1.165, 1.54) is 153 Å². The van der Waals surface area contributed by atoms with Gasteiger partial charge in [-0.25, -0.2) is 0 Å². The largest absolute Gasteiger partial charge is 0.456 e. The lowest BCUT2D eigenvalue weighted by Gasteiger charge is -2.11. The van der Waals surface area contributed by atoms with Crippen LogP contribution in [0.4, 0.5) is 0 Å². The zero-order chi connectivity index (χ0) is 59.1. The van der Waals surface area contributed by atoms with Crippen LogP contribution in [0.25, 0.3) is 219 Å². The molecule has 0 saturated carbocycles. The standard InChI is InChI=1S/C84H44N6O2/c1-2-16-47(17-3-1)85-57-26-7-4-19-49(57)73-59(85)35-37-61-75(73)53-22-11-28-65-81(53)87(61)66-29-12-23-54-76-62(88(65)82(54)66)38-36-60-74(76)50-20-5-8-27-58(50)86(60)48-18-10-15-45(43-48)46-33-34-52-72(44-46)92-71-42-40-64-78(80(52)71)56-25-14-31-68-84(56)90(64)67-30-13-24-55-77-63(89(68)83(55)67)39-41-70-79(77)51-21-6-9-32-69(51)91-70/h1-44H. The number of nitrogens with zero attached hydrogens (tertiary/aromatic N) is 6. The molecule has 24 aromatic rings. The molecule has 10 aromatic heterocycles. The second-order valence-electron chi connectivity index (χ2n) is 25.4. The Morgan fingerprint density at radius 3 is 1.08 bits per heavy atom. The van der Waals surface area contributed by atoms with E-state index >= 15 is 0 Å². The molecule has 92 heavy (non-hydrogen) atoms. The van der Waals surface area contributed by atoms with Gasteiger partial charge >= 0.3 is 0 Å². The number of benzene rings is 14. The average molecular weight is 1170 g/mol. The summed E-state index contributed by atoms with van der Waals surface area (Å²) in [7, 11) is 0. The molecule has 0 aliphatic heterocycles. The monoisotopic (exact) mass is 1170 g/mol. The van der Waals surface area contributed by atoms with Crippen LogP contribution in [0.2, 0.25) is 0 Å². The van der Waals surface area contributed by atoms with Gasteiger partial charge in [-0.15, -0.1) is 0 Å². The topological polar surface area (TPSA) is 53.8 Å². The van der Waals surface area contributed by atoms with Crippen molar-refractivity contribution in [3.05, 3.63) is 267 Å². The van der Waals surface area contributed by atoms with Crippen molar-refractivity contribution in [1.82, 2.24) is 26.7 Å². The Morgan fingerprint density at radius 1 is 0.185 bits per heavy atom. The van der Waals surface area contributed by atoms with E-state index in [-0.39, 0.29) is 0 Å². The highest BCUT2D eigenvalue weighted by atomic mass is 16.3. The summed E-state index contributed by atoms with van der Waals surface area (Å²) in [6, 6.07) is 98.7. The average Bonchev–Trinajstić information content (AvgIpc) is 1.52. The maximum atomic E-state index is 6.98. The third kappa shape index (κ3) is 5.33. The third-order valence-corrected chi connectivity index (χ3v) is 21.2. The van der Waals surface area contributed by atoms with E-state index in [1.54, 1.807) is 0 Å². The van der Waals surface area contributed by atoms with Crippen molar-refractivity contribution in [1.29, 1.82) is 0 Å². The van der Waals surface area contributed by atoms with Crippen molar-refractivity contribution >= 4 is 197 Å². The lowest BCUT2D eigenvalue weighted by atomic mass is 10.0. The van der Waals surface area contributed by atoms with E-state index in [2.05, 4.69) is 294 Å². The molecule has 14 aromatic carbocycles. The Bertz CT molecular complexity index is 7500. The molecule has 0 bridgehead atoms. The summed E-state index contributed by atoms with van der Waals surface area (Å²) in [4.78, 5) is 0. The van der Waals surface area contributed by atoms with Gasteiger partial charge in [-0.2, -0.15) is 0 Å². The Hall–Kier alpha value is -12.5. The van der Waals surface area contributed by atoms with E-state index in [0.29, 0.717) is 0 Å². The zero-order valence-corrected chi connectivity index (χ0v) is 48.9. The van der Waals surface area contributed by atoms with Gasteiger partial charge in [-0.05, 0) is 139 Å². The van der Waals surface area contributed by atoms with Crippen LogP contribution in [0.15, 0.2) is 276 Å². The first-order valence-corrected chi connectivity index (χ1v) is 31.7. The van der Waals surface area contributed by atoms with Crippen LogP contribution >= 0.6 is 0 Å². The smallest absolute Gasteiger partial charge is 0.136 e. The number of rotatable bonds is 3. The first kappa shape index (κ1) is 46.6. The van der Waals surface area contributed by atoms with Crippen LogP contribution in [0.3, 0.4) is 0 Å². The van der Waals surface area contributed by atoms with Crippen molar-refractivity contribution in [2.75, 3.05) is 0 Å². The van der Waals surface area contributed by atoms with Gasteiger partial charge in [-0.3, -0.25) is 0 Å². The van der Waals surface area contributed by atoms with Gasteiger partial charge in [0, 0.05) is 97.6 Å². The fraction of sp³-hybridized carbons (Fsp3) is 0. The van der Waals surface area contributed by atoms with Crippen LogP contribution in [0.5, 0.6) is 0 Å². The van der Waals surface area contributed by atoms with Crippen molar-refractivity contribution in [3.8, 4) is 22.5 Å². The van der Waals surface area contributed by atoms with Crippen LogP contribution in [-0.4, -0.2) is 26.7 Å². The van der Waals surface area contributed by atoms with Gasteiger partial charge < -0.3 is 35.6 Å². The summed E-state index contributed by atoms with van der Waals surface area (Å²) in [6.07, 6.45) is 0. The SMILES string of the molecule is c1ccc(-n2c3ccccc3c3c4c5cccc6c5n(c4ccc32)c2cccc3c4c5c7ccccc7n(-c7cccc(-c8ccc9c(c8)oc8ccc%10c(c%11cccc%12c%11n%10c%10cccc%11c%13c%14c(ccc%13n%12c%11%10)oc%10ccccc%10%14)c89)c7)c5ccc4n6c32)cc1. The van der Waals surface area contributed by atoms with E-state index in [4.69, 9.17) is 8.83 Å². The van der Waals surface area contributed by atoms with Crippen LogP contribution < -0.4 is 0 Å². The van der Waals surface area contributed by atoms with Crippen molar-refractivity contribution in [2.45, 2.75) is 0 Å². The van der Waals surface area contributed by atoms with Crippen LogP contribution in [-0.2, 0) is 0 Å². The Labute approximate surface area is 518 Å². The zero-order valence-electron chi connectivity index (χ0n) is 48.9. The molecule has 8 heteroatoms. The fourth-order valence-corrected chi connectivity index (χ4v) is 17.8. The maximum absolute atomic E-state index is 6.98. The number of hydrogen-bond acceptors (Lipinski definition) is 2. The van der Waals surface area contributed by atoms with Gasteiger partial charge in [0.15, 0.2) is 0 Å². The van der Waals surface area contributed by atoms with Gasteiger partial charge in [0.05, 0.1) is 88.3 Å². The molecule has 0 N–H and O–H groups in total. The molecule has 0 amide bonds. The van der Waals surface area contributed by atoms with Gasteiger partial charge in [0.2, 0.25) is 0 Å². The van der Waals surface area contributed by atoms with Crippen molar-refractivity contribution in [3.63, 3.8) is 0 Å². The van der Waals surface area contributed by atoms with E-state index in [1.807, 2.05) is 0 Å². The minimum atomic E-state index is 0.866. The highest BCUT2D eigenvalue weighted by Crippen LogP contribution is 2.51. The molecule has 0 aliphatic carbocycles. The molecule has 422 valence electrons. The quantitative estimate of drug-likeness (QED) is 0.166. The number of fused-ring (bicyclic) bond motifs is 32. The number of hydrogen-bond donors (Lipinski definition) is 0. The Morgan fingerprint density at radius 2 is 0.543 bits per heavy atom. The summed E-state index contributed by atoms with van der Waals surface area (Å²) >= 11 is 0. The number of aromatic nitrogens is 6. The first-order valence-electron chi connectivity index (χ1n) is 31.7. The van der Waals surface area contributed by atoms with Crippen molar-refractivity contribution in [2.24, 2.45) is 0 Å². The Balaban J connectivity index is 0.687. The summed E-state index contributed by atoms with van der Waals surface area (Å²) in [6.45, 7) is 0. The van der Waals surface area contributed by atoms with E-state index < -0.39 is 0 Å². The summed E-state index contributed by atoms with van der Waals surface area (Å²) in [5, 5.41) is 19.5. The fourth-order valence-electron chi connectivity index (χ4n) is 17.8. The minimum Gasteiger partial charge on any atom is -0.456 e. The lowest BCUT2D eigenvalue weighted by Crippen LogP contribution is -1.97. The molecule has 0 atom stereocenters. The molecule has 0 saturated heterocycles. The second-order valence-corrected chi connectivity index (χ2v) is 25.4. The molecule has 0 radical (unpaired) electrons. The van der Waals surface area contributed by atoms with Crippen molar-refractivity contribution < 1.29 is 8.83 Å². The predicted molar refractivity (Wildman–Crippen MR) is 381 cm³/mol. The van der Waals surface area contributed by atoms with Crippen LogP contribution in [0, 0.1) is 0 Å². The summed E-state index contributed by atoms with van der Waals surface area (Å²) < 4.78 is 28.4. The van der Waals surface area contributed by atoms with E-state index in [9.17, 15) is 0 Å². The molecule has 0 spiro atoms.